The van der Waals surface area contributed by atoms with Gasteiger partial charge in [0.1, 0.15) is 17.9 Å². The molecular formula is C26H34N2O4Si. The number of hydrogen-bond donors (Lipinski definition) is 0. The van der Waals surface area contributed by atoms with E-state index in [-0.39, 0.29) is 17.6 Å². The van der Waals surface area contributed by atoms with Gasteiger partial charge in [0, 0.05) is 6.54 Å². The van der Waals surface area contributed by atoms with E-state index in [2.05, 4.69) is 39.9 Å². The summed E-state index contributed by atoms with van der Waals surface area (Å²) >= 11 is 0. The molecule has 1 aliphatic rings. The zero-order valence-corrected chi connectivity index (χ0v) is 21.4. The molecule has 1 saturated heterocycles. The fourth-order valence-electron chi connectivity index (χ4n) is 3.60. The maximum absolute atomic E-state index is 13.5. The monoisotopic (exact) mass is 466 g/mol. The highest BCUT2D eigenvalue weighted by atomic mass is 28.4. The third kappa shape index (κ3) is 5.64. The van der Waals surface area contributed by atoms with Gasteiger partial charge in [0.15, 0.2) is 14.4 Å². The molecule has 176 valence electrons. The Hall–Kier alpha value is -2.66. The quantitative estimate of drug-likeness (QED) is 0.517. The molecular weight excluding hydrogens is 432 g/mol. The number of methoxy groups -OCH3 is 1. The van der Waals surface area contributed by atoms with Gasteiger partial charge < -0.3 is 18.8 Å². The standard InChI is InChI=1S/C26H34N2O4Si/c1-26(2,3)33(5,6)32-23-22(16-27)28(17-19-12-14-21(30-4)15-13-19)25(29)24(23)31-18-20-10-8-7-9-11-20/h7-15,22-24H,17-18H2,1-6H3/t22-,23+,24-/m1/s1. The second-order valence-electron chi connectivity index (χ2n) is 9.95. The Morgan fingerprint density at radius 1 is 1.03 bits per heavy atom. The lowest BCUT2D eigenvalue weighted by molar-refractivity contribution is -0.140. The molecule has 6 nitrogen and oxygen atoms in total. The molecule has 1 fully saturated rings. The van der Waals surface area contributed by atoms with Crippen LogP contribution in [0, 0.1) is 11.3 Å². The Kier molecular flexibility index (Phi) is 7.63. The molecule has 33 heavy (non-hydrogen) atoms. The van der Waals surface area contributed by atoms with E-state index < -0.39 is 26.6 Å². The summed E-state index contributed by atoms with van der Waals surface area (Å²) < 4.78 is 18.0. The van der Waals surface area contributed by atoms with Crippen LogP contribution in [-0.4, -0.2) is 44.5 Å². The predicted molar refractivity (Wildman–Crippen MR) is 130 cm³/mol. The minimum Gasteiger partial charge on any atom is -0.497 e. The van der Waals surface area contributed by atoms with Gasteiger partial charge >= 0.3 is 0 Å². The zero-order valence-electron chi connectivity index (χ0n) is 20.4. The van der Waals surface area contributed by atoms with Crippen molar-refractivity contribution in [3.05, 3.63) is 65.7 Å². The van der Waals surface area contributed by atoms with E-state index >= 15 is 0 Å². The number of carbonyl (C=O) groups excluding carboxylic acids is 1. The molecule has 0 aliphatic carbocycles. The smallest absolute Gasteiger partial charge is 0.255 e. The predicted octanol–water partition coefficient (Wildman–Crippen LogP) is 4.91. The molecule has 1 aliphatic heterocycles. The Labute approximate surface area is 198 Å². The van der Waals surface area contributed by atoms with Crippen LogP contribution in [0.2, 0.25) is 18.1 Å². The minimum absolute atomic E-state index is 0.0660. The Bertz CT molecular complexity index is 980. The van der Waals surface area contributed by atoms with E-state index in [1.807, 2.05) is 54.6 Å². The first-order valence-electron chi connectivity index (χ1n) is 11.2. The molecule has 0 unspecified atom stereocenters. The Balaban J connectivity index is 1.89. The number of hydrogen-bond acceptors (Lipinski definition) is 5. The van der Waals surface area contributed by atoms with Gasteiger partial charge in [-0.05, 0) is 41.4 Å². The van der Waals surface area contributed by atoms with Crippen LogP contribution in [0.5, 0.6) is 5.75 Å². The average molecular weight is 467 g/mol. The molecule has 3 rings (SSSR count). The second kappa shape index (κ2) is 10.1. The lowest BCUT2D eigenvalue weighted by Gasteiger charge is -2.39. The number of likely N-dealkylation sites (tertiary alicyclic amines) is 1. The molecule has 0 aromatic heterocycles. The highest BCUT2D eigenvalue weighted by molar-refractivity contribution is 6.74. The number of benzene rings is 2. The highest BCUT2D eigenvalue weighted by Gasteiger charge is 2.53. The average Bonchev–Trinajstić information content (AvgIpc) is 3.02. The molecule has 1 heterocycles. The van der Waals surface area contributed by atoms with Gasteiger partial charge in [-0.15, -0.1) is 0 Å². The van der Waals surface area contributed by atoms with Crippen molar-refractivity contribution in [2.75, 3.05) is 7.11 Å². The number of carbonyl (C=O) groups is 1. The SMILES string of the molecule is COc1ccc(CN2C(=O)[C@H](OCc3ccccc3)[C@@H](O[Si](C)(C)C(C)(C)C)[C@H]2C#N)cc1. The minimum atomic E-state index is -2.27. The summed E-state index contributed by atoms with van der Waals surface area (Å²) in [5, 5.41) is 10.0. The van der Waals surface area contributed by atoms with Crippen molar-refractivity contribution >= 4 is 14.2 Å². The summed E-state index contributed by atoms with van der Waals surface area (Å²) in [6.07, 6.45) is -1.48. The highest BCUT2D eigenvalue weighted by Crippen LogP contribution is 2.40. The Morgan fingerprint density at radius 2 is 1.67 bits per heavy atom. The molecule has 7 heteroatoms. The van der Waals surface area contributed by atoms with Gasteiger partial charge in [0.2, 0.25) is 0 Å². The van der Waals surface area contributed by atoms with Crippen molar-refractivity contribution in [2.45, 2.75) is 70.3 Å². The number of ether oxygens (including phenoxy) is 2. The third-order valence-corrected chi connectivity index (χ3v) is 11.1. The van der Waals surface area contributed by atoms with Crippen molar-refractivity contribution in [1.29, 1.82) is 5.26 Å². The lowest BCUT2D eigenvalue weighted by atomic mass is 10.1. The topological polar surface area (TPSA) is 71.8 Å². The van der Waals surface area contributed by atoms with E-state index in [0.717, 1.165) is 16.9 Å². The maximum Gasteiger partial charge on any atom is 0.255 e. The Morgan fingerprint density at radius 3 is 2.21 bits per heavy atom. The molecule has 2 aromatic rings. The van der Waals surface area contributed by atoms with Crippen LogP contribution in [0.15, 0.2) is 54.6 Å². The summed E-state index contributed by atoms with van der Waals surface area (Å²) in [5.74, 6) is 0.531. The summed E-state index contributed by atoms with van der Waals surface area (Å²) in [6, 6.07) is 18.9. The summed E-state index contributed by atoms with van der Waals surface area (Å²) in [6.45, 7) is 11.3. The van der Waals surface area contributed by atoms with E-state index in [4.69, 9.17) is 13.9 Å². The maximum atomic E-state index is 13.5. The molecule has 3 atom stereocenters. The van der Waals surface area contributed by atoms with Crippen LogP contribution in [-0.2, 0) is 27.1 Å². The van der Waals surface area contributed by atoms with Gasteiger partial charge in [0.25, 0.3) is 5.91 Å². The van der Waals surface area contributed by atoms with E-state index in [1.54, 1.807) is 12.0 Å². The van der Waals surface area contributed by atoms with Gasteiger partial charge in [-0.1, -0.05) is 63.2 Å². The van der Waals surface area contributed by atoms with Crippen LogP contribution in [0.4, 0.5) is 0 Å². The van der Waals surface area contributed by atoms with Gasteiger partial charge in [-0.2, -0.15) is 5.26 Å². The van der Waals surface area contributed by atoms with Crippen LogP contribution >= 0.6 is 0 Å². The number of nitrogens with zero attached hydrogens (tertiary/aromatic N) is 2. The van der Waals surface area contributed by atoms with Crippen LogP contribution in [0.3, 0.4) is 0 Å². The largest absolute Gasteiger partial charge is 0.497 e. The first-order valence-corrected chi connectivity index (χ1v) is 14.1. The normalized spacial score (nSPS) is 21.2. The van der Waals surface area contributed by atoms with Crippen LogP contribution in [0.25, 0.3) is 0 Å². The van der Waals surface area contributed by atoms with E-state index in [9.17, 15) is 10.1 Å². The zero-order chi connectivity index (χ0) is 24.2. The number of amides is 1. The third-order valence-electron chi connectivity index (χ3n) is 6.63. The van der Waals surface area contributed by atoms with E-state index in [0.29, 0.717) is 6.54 Å². The van der Waals surface area contributed by atoms with Crippen molar-refractivity contribution in [1.82, 2.24) is 4.90 Å². The van der Waals surface area contributed by atoms with Crippen molar-refractivity contribution < 1.29 is 18.7 Å². The molecule has 0 saturated carbocycles. The molecule has 2 aromatic carbocycles. The number of rotatable bonds is 8. The fourth-order valence-corrected chi connectivity index (χ4v) is 4.89. The molecule has 0 N–H and O–H groups in total. The summed E-state index contributed by atoms with van der Waals surface area (Å²) in [4.78, 5) is 15.1. The molecule has 0 bridgehead atoms. The van der Waals surface area contributed by atoms with Crippen molar-refractivity contribution in [3.8, 4) is 11.8 Å². The van der Waals surface area contributed by atoms with Crippen molar-refractivity contribution in [3.63, 3.8) is 0 Å². The van der Waals surface area contributed by atoms with Gasteiger partial charge in [-0.25, -0.2) is 0 Å². The first kappa shape index (κ1) is 25.0. The molecule has 1 amide bonds. The van der Waals surface area contributed by atoms with Gasteiger partial charge in [0.05, 0.1) is 19.8 Å². The molecule has 0 radical (unpaired) electrons. The molecule has 0 spiro atoms. The van der Waals surface area contributed by atoms with Gasteiger partial charge in [-0.3, -0.25) is 4.79 Å². The van der Waals surface area contributed by atoms with E-state index in [1.165, 1.54) is 0 Å². The van der Waals surface area contributed by atoms with Crippen LogP contribution in [0.1, 0.15) is 31.9 Å². The van der Waals surface area contributed by atoms with Crippen LogP contribution < -0.4 is 4.74 Å². The second-order valence-corrected chi connectivity index (χ2v) is 14.7. The first-order chi connectivity index (χ1) is 15.6. The summed E-state index contributed by atoms with van der Waals surface area (Å²) in [7, 11) is -0.655. The number of nitriles is 1. The lowest BCUT2D eigenvalue weighted by Crippen LogP contribution is -2.50. The summed E-state index contributed by atoms with van der Waals surface area (Å²) in [5.41, 5.74) is 1.89. The fraction of sp³-hybridized carbons (Fsp3) is 0.462. The van der Waals surface area contributed by atoms with Crippen molar-refractivity contribution in [2.24, 2.45) is 0 Å².